The Kier molecular flexibility index (Phi) is 4.86. The summed E-state index contributed by atoms with van der Waals surface area (Å²) in [5, 5.41) is 5.23. The van der Waals surface area contributed by atoms with Gasteiger partial charge in [-0.2, -0.15) is 0 Å². The number of hydrogen-bond donors (Lipinski definition) is 3. The molecule has 1 aliphatic rings. The number of piperazine rings is 1. The van der Waals surface area contributed by atoms with E-state index in [9.17, 15) is 22.8 Å². The quantitative estimate of drug-likeness (QED) is 0.703. The van der Waals surface area contributed by atoms with Crippen molar-refractivity contribution in [2.75, 3.05) is 31.5 Å². The molecule has 3 N–H and O–H groups in total. The van der Waals surface area contributed by atoms with Crippen LogP contribution >= 0.6 is 0 Å². The molecular formula is C13H15F3N3O3+. The number of anilines is 1. The topological polar surface area (TPSA) is 71.9 Å². The average molecular weight is 318 g/mol. The lowest BCUT2D eigenvalue weighted by Gasteiger charge is -2.22. The lowest BCUT2D eigenvalue weighted by atomic mass is 10.3. The first-order chi connectivity index (χ1) is 10.3. The van der Waals surface area contributed by atoms with Gasteiger partial charge in [-0.25, -0.2) is 0 Å². The largest absolute Gasteiger partial charge is 0.573 e. The van der Waals surface area contributed by atoms with Crippen LogP contribution in [0.25, 0.3) is 0 Å². The van der Waals surface area contributed by atoms with E-state index in [1.165, 1.54) is 12.1 Å². The van der Waals surface area contributed by atoms with Crippen LogP contribution < -0.4 is 20.3 Å². The molecule has 1 fully saturated rings. The fourth-order valence-electron chi connectivity index (χ4n) is 2.08. The summed E-state index contributed by atoms with van der Waals surface area (Å²) in [6, 6.07) is 4.86. The van der Waals surface area contributed by atoms with Gasteiger partial charge >= 0.3 is 6.36 Å². The summed E-state index contributed by atoms with van der Waals surface area (Å²) < 4.78 is 39.8. The molecule has 1 aromatic rings. The maximum atomic E-state index is 12.0. The fraction of sp³-hybridized carbons (Fsp3) is 0.385. The summed E-state index contributed by atoms with van der Waals surface area (Å²) in [6.45, 7) is 1.52. The zero-order chi connectivity index (χ0) is 16.2. The Bertz CT molecular complexity index is 546. The smallest absolute Gasteiger partial charge is 0.406 e. The van der Waals surface area contributed by atoms with Crippen molar-refractivity contribution in [3.63, 3.8) is 0 Å². The Hall–Kier alpha value is -2.29. The minimum Gasteiger partial charge on any atom is -0.406 e. The number of carbonyl (C=O) groups is 2. The first-order valence-electron chi connectivity index (χ1n) is 6.58. The van der Waals surface area contributed by atoms with E-state index in [-0.39, 0.29) is 30.7 Å². The van der Waals surface area contributed by atoms with Gasteiger partial charge in [0.1, 0.15) is 5.75 Å². The predicted octanol–water partition coefficient (Wildman–Crippen LogP) is -0.462. The normalized spacial score (nSPS) is 18.5. The second kappa shape index (κ2) is 6.65. The van der Waals surface area contributed by atoms with Gasteiger partial charge in [-0.1, -0.05) is 0 Å². The SMILES string of the molecule is O=C1C[NH+](CC(=O)Nc2ccc(OC(F)(F)F)cc2)CCN1. The van der Waals surface area contributed by atoms with Crippen molar-refractivity contribution < 1.29 is 32.4 Å². The average Bonchev–Trinajstić information content (AvgIpc) is 2.39. The number of benzene rings is 1. The first-order valence-corrected chi connectivity index (χ1v) is 6.58. The highest BCUT2D eigenvalue weighted by molar-refractivity contribution is 5.91. The highest BCUT2D eigenvalue weighted by atomic mass is 19.4. The van der Waals surface area contributed by atoms with E-state index >= 15 is 0 Å². The van der Waals surface area contributed by atoms with E-state index in [0.717, 1.165) is 17.0 Å². The van der Waals surface area contributed by atoms with Crippen LogP contribution in [0.15, 0.2) is 24.3 Å². The minimum absolute atomic E-state index is 0.109. The lowest BCUT2D eigenvalue weighted by Crippen LogP contribution is -3.16. The van der Waals surface area contributed by atoms with Crippen molar-refractivity contribution >= 4 is 17.5 Å². The number of quaternary nitrogens is 1. The third-order valence-electron chi connectivity index (χ3n) is 2.99. The van der Waals surface area contributed by atoms with Gasteiger partial charge in [-0.05, 0) is 24.3 Å². The number of hydrogen-bond acceptors (Lipinski definition) is 3. The molecule has 0 spiro atoms. The summed E-state index contributed by atoms with van der Waals surface area (Å²) in [5.74, 6) is -0.777. The third kappa shape index (κ3) is 5.24. The number of rotatable bonds is 4. The van der Waals surface area contributed by atoms with Gasteiger partial charge in [0.2, 0.25) is 0 Å². The molecule has 2 rings (SSSR count). The Morgan fingerprint density at radius 3 is 2.59 bits per heavy atom. The standard InChI is InChI=1S/C13H14F3N3O3/c14-13(15,16)22-10-3-1-9(2-4-10)18-12(21)8-19-6-5-17-11(20)7-19/h1-4H,5-8H2,(H,17,20)(H,18,21)/p+1. The van der Waals surface area contributed by atoms with Crippen LogP contribution in [0.5, 0.6) is 5.75 Å². The van der Waals surface area contributed by atoms with Crippen molar-refractivity contribution in [1.82, 2.24) is 5.32 Å². The van der Waals surface area contributed by atoms with Crippen LogP contribution in [0.3, 0.4) is 0 Å². The maximum absolute atomic E-state index is 12.0. The van der Waals surface area contributed by atoms with E-state index in [4.69, 9.17) is 0 Å². The Morgan fingerprint density at radius 2 is 2.00 bits per heavy atom. The number of ether oxygens (including phenoxy) is 1. The number of alkyl halides is 3. The van der Waals surface area contributed by atoms with Crippen LogP contribution in [0, 0.1) is 0 Å². The van der Waals surface area contributed by atoms with Gasteiger partial charge in [0.05, 0.1) is 13.1 Å². The molecule has 1 aromatic carbocycles. The van der Waals surface area contributed by atoms with Crippen molar-refractivity contribution in [3.8, 4) is 5.75 Å². The molecule has 1 unspecified atom stereocenters. The molecule has 6 nitrogen and oxygen atoms in total. The second-order valence-electron chi connectivity index (χ2n) is 4.82. The summed E-state index contributed by atoms with van der Waals surface area (Å²) in [4.78, 5) is 23.9. The molecule has 120 valence electrons. The van der Waals surface area contributed by atoms with E-state index in [1.54, 1.807) is 0 Å². The van der Waals surface area contributed by atoms with E-state index in [0.29, 0.717) is 18.8 Å². The summed E-state index contributed by atoms with van der Waals surface area (Å²) in [7, 11) is 0. The van der Waals surface area contributed by atoms with Crippen LogP contribution in [0.1, 0.15) is 0 Å². The van der Waals surface area contributed by atoms with Crippen molar-refractivity contribution in [2.24, 2.45) is 0 Å². The van der Waals surface area contributed by atoms with Gasteiger partial charge in [-0.3, -0.25) is 9.59 Å². The van der Waals surface area contributed by atoms with E-state index in [2.05, 4.69) is 15.4 Å². The highest BCUT2D eigenvalue weighted by Crippen LogP contribution is 2.23. The lowest BCUT2D eigenvalue weighted by molar-refractivity contribution is -0.885. The molecule has 0 radical (unpaired) electrons. The molecule has 9 heteroatoms. The molecule has 1 aliphatic heterocycles. The Labute approximate surface area is 124 Å². The van der Waals surface area contributed by atoms with Crippen molar-refractivity contribution in [1.29, 1.82) is 0 Å². The summed E-state index contributed by atoms with van der Waals surface area (Å²) in [6.07, 6.45) is -4.75. The van der Waals surface area contributed by atoms with Crippen LogP contribution in [0.4, 0.5) is 18.9 Å². The van der Waals surface area contributed by atoms with Crippen LogP contribution in [-0.4, -0.2) is 44.4 Å². The number of amides is 2. The Morgan fingerprint density at radius 1 is 1.32 bits per heavy atom. The molecule has 0 aromatic heterocycles. The first kappa shape index (κ1) is 16.1. The molecule has 1 saturated heterocycles. The maximum Gasteiger partial charge on any atom is 0.573 e. The molecule has 22 heavy (non-hydrogen) atoms. The third-order valence-corrected chi connectivity index (χ3v) is 2.99. The van der Waals surface area contributed by atoms with Gasteiger partial charge in [-0.15, -0.1) is 13.2 Å². The van der Waals surface area contributed by atoms with Gasteiger partial charge in [0, 0.05) is 5.69 Å². The van der Waals surface area contributed by atoms with Gasteiger partial charge < -0.3 is 20.3 Å². The van der Waals surface area contributed by atoms with Crippen molar-refractivity contribution in [2.45, 2.75) is 6.36 Å². The zero-order valence-electron chi connectivity index (χ0n) is 11.5. The number of nitrogens with one attached hydrogen (secondary N) is 3. The highest BCUT2D eigenvalue weighted by Gasteiger charge is 2.31. The molecule has 0 bridgehead atoms. The number of carbonyl (C=O) groups excluding carboxylic acids is 2. The van der Waals surface area contributed by atoms with E-state index < -0.39 is 6.36 Å². The minimum atomic E-state index is -4.75. The summed E-state index contributed by atoms with van der Waals surface area (Å²) in [5.41, 5.74) is 0.361. The molecule has 0 aliphatic carbocycles. The molecular weight excluding hydrogens is 303 g/mol. The fourth-order valence-corrected chi connectivity index (χ4v) is 2.08. The monoisotopic (exact) mass is 318 g/mol. The molecule has 1 heterocycles. The van der Waals surface area contributed by atoms with Crippen molar-refractivity contribution in [3.05, 3.63) is 24.3 Å². The summed E-state index contributed by atoms with van der Waals surface area (Å²) >= 11 is 0. The van der Waals surface area contributed by atoms with Crippen LogP contribution in [-0.2, 0) is 9.59 Å². The molecule has 0 saturated carbocycles. The predicted molar refractivity (Wildman–Crippen MR) is 70.3 cm³/mol. The van der Waals surface area contributed by atoms with Gasteiger partial charge in [0.15, 0.2) is 13.1 Å². The van der Waals surface area contributed by atoms with Crippen LogP contribution in [0.2, 0.25) is 0 Å². The molecule has 1 atom stereocenters. The number of halogens is 3. The molecule has 2 amide bonds. The van der Waals surface area contributed by atoms with Gasteiger partial charge in [0.25, 0.3) is 11.8 Å². The second-order valence-corrected chi connectivity index (χ2v) is 4.82. The van der Waals surface area contributed by atoms with E-state index in [1.807, 2.05) is 0 Å². The Balaban J connectivity index is 1.85. The zero-order valence-corrected chi connectivity index (χ0v) is 11.5.